The van der Waals surface area contributed by atoms with Gasteiger partial charge >= 0.3 is 5.97 Å². The van der Waals surface area contributed by atoms with Crippen LogP contribution < -0.4 is 4.90 Å². The van der Waals surface area contributed by atoms with Crippen molar-refractivity contribution in [2.75, 3.05) is 31.2 Å². The number of carbonyl (C=O) groups is 1. The Hall–Kier alpha value is -2.64. The second kappa shape index (κ2) is 6.93. The Balaban J connectivity index is 1.66. The number of aromatic nitrogens is 2. The summed E-state index contributed by atoms with van der Waals surface area (Å²) in [5.74, 6) is -0.463. The summed E-state index contributed by atoms with van der Waals surface area (Å²) in [6, 6.07) is 11.9. The van der Waals surface area contributed by atoms with Gasteiger partial charge in [0.25, 0.3) is 0 Å². The third kappa shape index (κ3) is 3.23. The van der Waals surface area contributed by atoms with Crippen molar-refractivity contribution in [3.05, 3.63) is 47.0 Å². The molecule has 0 saturated carbocycles. The molecule has 2 N–H and O–H groups in total. The third-order valence-electron chi connectivity index (χ3n) is 4.41. The minimum Gasteiger partial charge on any atom is -0.476 e. The van der Waals surface area contributed by atoms with Crippen LogP contribution in [-0.2, 0) is 4.74 Å². The van der Waals surface area contributed by atoms with E-state index in [2.05, 4.69) is 14.9 Å². The van der Waals surface area contributed by atoms with Crippen LogP contribution in [0.5, 0.6) is 0 Å². The van der Waals surface area contributed by atoms with Crippen LogP contribution >= 0.6 is 11.3 Å². The molecule has 1 fully saturated rings. The third-order valence-corrected chi connectivity index (χ3v) is 5.43. The Morgan fingerprint density at radius 1 is 1.19 bits per heavy atom. The summed E-state index contributed by atoms with van der Waals surface area (Å²) in [5, 5.41) is 9.51. The first kappa shape index (κ1) is 16.8. The van der Waals surface area contributed by atoms with E-state index in [1.165, 1.54) is 0 Å². The summed E-state index contributed by atoms with van der Waals surface area (Å²) in [7, 11) is 0. The molecule has 0 unspecified atom stereocenters. The number of hydrogen-bond donors (Lipinski definition) is 2. The molecule has 1 aromatic carbocycles. The SMILES string of the molecule is Cc1ccc(-c2[nH]c(-c3ccc(N4CCOCC4)cc3)nc2C(=O)O)s1. The number of hydrogen-bond acceptors (Lipinski definition) is 5. The molecule has 134 valence electrons. The fraction of sp³-hybridized carbons (Fsp3) is 0.263. The molecule has 6 nitrogen and oxygen atoms in total. The zero-order valence-electron chi connectivity index (χ0n) is 14.4. The summed E-state index contributed by atoms with van der Waals surface area (Å²) in [6.45, 7) is 5.24. The van der Waals surface area contributed by atoms with Crippen molar-refractivity contribution in [2.24, 2.45) is 0 Å². The number of aryl methyl sites for hydroxylation is 1. The van der Waals surface area contributed by atoms with Gasteiger partial charge in [0.1, 0.15) is 5.82 Å². The van der Waals surface area contributed by atoms with Crippen LogP contribution in [0.3, 0.4) is 0 Å². The summed E-state index contributed by atoms with van der Waals surface area (Å²) in [6.07, 6.45) is 0. The van der Waals surface area contributed by atoms with Gasteiger partial charge in [0.15, 0.2) is 5.69 Å². The number of morpholine rings is 1. The molecular formula is C19H19N3O3S. The van der Waals surface area contributed by atoms with Gasteiger partial charge in [-0.3, -0.25) is 0 Å². The number of aromatic amines is 1. The molecule has 0 radical (unpaired) electrons. The van der Waals surface area contributed by atoms with Crippen LogP contribution in [0.15, 0.2) is 36.4 Å². The van der Waals surface area contributed by atoms with Crippen molar-refractivity contribution < 1.29 is 14.6 Å². The monoisotopic (exact) mass is 369 g/mol. The second-order valence-corrected chi connectivity index (χ2v) is 7.46. The molecule has 0 bridgehead atoms. The maximum absolute atomic E-state index is 11.6. The second-order valence-electron chi connectivity index (χ2n) is 6.17. The van der Waals surface area contributed by atoms with Crippen LogP contribution in [-0.4, -0.2) is 47.3 Å². The topological polar surface area (TPSA) is 78.5 Å². The van der Waals surface area contributed by atoms with Crippen molar-refractivity contribution in [2.45, 2.75) is 6.92 Å². The lowest BCUT2D eigenvalue weighted by molar-refractivity contribution is 0.0692. The fourth-order valence-electron chi connectivity index (χ4n) is 3.06. The van der Waals surface area contributed by atoms with Gasteiger partial charge < -0.3 is 19.7 Å². The van der Waals surface area contributed by atoms with E-state index >= 15 is 0 Å². The van der Waals surface area contributed by atoms with Gasteiger partial charge in [0.05, 0.1) is 23.8 Å². The maximum Gasteiger partial charge on any atom is 0.356 e. The Labute approximate surface area is 155 Å². The Morgan fingerprint density at radius 2 is 1.92 bits per heavy atom. The van der Waals surface area contributed by atoms with E-state index in [-0.39, 0.29) is 5.69 Å². The highest BCUT2D eigenvalue weighted by Gasteiger charge is 2.20. The lowest BCUT2D eigenvalue weighted by atomic mass is 10.2. The van der Waals surface area contributed by atoms with Crippen molar-refractivity contribution in [1.82, 2.24) is 9.97 Å². The van der Waals surface area contributed by atoms with Crippen LogP contribution in [0.4, 0.5) is 5.69 Å². The van der Waals surface area contributed by atoms with E-state index in [1.54, 1.807) is 11.3 Å². The quantitative estimate of drug-likeness (QED) is 0.734. The largest absolute Gasteiger partial charge is 0.476 e. The first-order valence-corrected chi connectivity index (χ1v) is 9.27. The van der Waals surface area contributed by atoms with Gasteiger partial charge in [-0.1, -0.05) is 0 Å². The number of anilines is 1. The summed E-state index contributed by atoms with van der Waals surface area (Å²) >= 11 is 1.55. The van der Waals surface area contributed by atoms with E-state index in [9.17, 15) is 9.90 Å². The normalized spacial score (nSPS) is 14.6. The minimum atomic E-state index is -1.03. The number of imidazole rings is 1. The summed E-state index contributed by atoms with van der Waals surface area (Å²) in [4.78, 5) is 23.4. The maximum atomic E-state index is 11.6. The average Bonchev–Trinajstić information content (AvgIpc) is 3.29. The highest BCUT2D eigenvalue weighted by Crippen LogP contribution is 2.32. The number of ether oxygens (including phenoxy) is 1. The minimum absolute atomic E-state index is 0.0547. The van der Waals surface area contributed by atoms with Crippen molar-refractivity contribution in [3.63, 3.8) is 0 Å². The molecule has 0 aliphatic carbocycles. The van der Waals surface area contributed by atoms with Gasteiger partial charge in [-0.25, -0.2) is 9.78 Å². The molecule has 3 aromatic rings. The molecular weight excluding hydrogens is 350 g/mol. The lowest BCUT2D eigenvalue weighted by Crippen LogP contribution is -2.36. The first-order chi connectivity index (χ1) is 12.6. The molecule has 3 heterocycles. The Kier molecular flexibility index (Phi) is 4.48. The molecule has 1 aliphatic heterocycles. The van der Waals surface area contributed by atoms with E-state index in [4.69, 9.17) is 4.74 Å². The van der Waals surface area contributed by atoms with Gasteiger partial charge in [-0.15, -0.1) is 11.3 Å². The van der Waals surface area contributed by atoms with E-state index < -0.39 is 5.97 Å². The number of carboxylic acids is 1. The number of benzene rings is 1. The zero-order valence-corrected chi connectivity index (χ0v) is 15.2. The van der Waals surface area contributed by atoms with E-state index in [1.807, 2.05) is 43.3 Å². The highest BCUT2D eigenvalue weighted by atomic mass is 32.1. The molecule has 0 atom stereocenters. The standard InChI is InChI=1S/C19H19N3O3S/c1-12-2-7-15(26-12)16-17(19(23)24)21-18(20-16)13-3-5-14(6-4-13)22-8-10-25-11-9-22/h2-7H,8-11H2,1H3,(H,20,21)(H,23,24). The van der Waals surface area contributed by atoms with Gasteiger partial charge in [0, 0.05) is 29.2 Å². The summed E-state index contributed by atoms with van der Waals surface area (Å²) < 4.78 is 5.39. The molecule has 26 heavy (non-hydrogen) atoms. The number of thiophene rings is 1. The van der Waals surface area contributed by atoms with Crippen molar-refractivity contribution in [3.8, 4) is 22.0 Å². The van der Waals surface area contributed by atoms with Crippen molar-refractivity contribution in [1.29, 1.82) is 0 Å². The smallest absolute Gasteiger partial charge is 0.356 e. The molecule has 1 aliphatic rings. The molecule has 7 heteroatoms. The number of nitrogens with zero attached hydrogens (tertiary/aromatic N) is 2. The number of H-pyrrole nitrogens is 1. The molecule has 0 spiro atoms. The Bertz CT molecular complexity index is 924. The fourth-order valence-corrected chi connectivity index (χ4v) is 3.93. The number of nitrogens with one attached hydrogen (secondary N) is 1. The van der Waals surface area contributed by atoms with Crippen LogP contribution in [0.1, 0.15) is 15.4 Å². The molecule has 4 rings (SSSR count). The van der Waals surface area contributed by atoms with Crippen LogP contribution in [0.25, 0.3) is 22.0 Å². The van der Waals surface area contributed by atoms with Crippen molar-refractivity contribution >= 4 is 23.0 Å². The molecule has 0 amide bonds. The van der Waals surface area contributed by atoms with Crippen LogP contribution in [0, 0.1) is 6.92 Å². The van der Waals surface area contributed by atoms with Gasteiger partial charge in [-0.2, -0.15) is 0 Å². The molecule has 2 aromatic heterocycles. The number of rotatable bonds is 4. The zero-order chi connectivity index (χ0) is 18.1. The molecule has 1 saturated heterocycles. The van der Waals surface area contributed by atoms with E-state index in [0.29, 0.717) is 11.5 Å². The number of carboxylic acid groups (broad SMARTS) is 1. The van der Waals surface area contributed by atoms with Gasteiger partial charge in [0.2, 0.25) is 0 Å². The Morgan fingerprint density at radius 3 is 2.54 bits per heavy atom. The average molecular weight is 369 g/mol. The first-order valence-electron chi connectivity index (χ1n) is 8.45. The number of aromatic carboxylic acids is 1. The van der Waals surface area contributed by atoms with E-state index in [0.717, 1.165) is 47.3 Å². The van der Waals surface area contributed by atoms with Crippen LogP contribution in [0.2, 0.25) is 0 Å². The lowest BCUT2D eigenvalue weighted by Gasteiger charge is -2.28. The van der Waals surface area contributed by atoms with Gasteiger partial charge in [-0.05, 0) is 43.3 Å². The highest BCUT2D eigenvalue weighted by molar-refractivity contribution is 7.15. The predicted octanol–water partition coefficient (Wildman–Crippen LogP) is 3.65. The predicted molar refractivity (Wildman–Crippen MR) is 102 cm³/mol. The summed E-state index contributed by atoms with van der Waals surface area (Å²) in [5.41, 5.74) is 2.61.